The summed E-state index contributed by atoms with van der Waals surface area (Å²) in [6.07, 6.45) is 5.99. The Kier molecular flexibility index (Phi) is 3.99. The van der Waals surface area contributed by atoms with Crippen molar-refractivity contribution in [2.24, 2.45) is 7.05 Å². The van der Waals surface area contributed by atoms with Gasteiger partial charge in [0, 0.05) is 18.7 Å². The first-order valence-electron chi connectivity index (χ1n) is 8.64. The van der Waals surface area contributed by atoms with Crippen LogP contribution in [0, 0.1) is 5.82 Å². The Morgan fingerprint density at radius 3 is 2.56 bits per heavy atom. The molecule has 1 fully saturated rings. The van der Waals surface area contributed by atoms with Crippen molar-refractivity contribution < 1.29 is 4.39 Å². The van der Waals surface area contributed by atoms with E-state index in [2.05, 4.69) is 15.3 Å². The fourth-order valence-corrected chi connectivity index (χ4v) is 3.62. The van der Waals surface area contributed by atoms with E-state index in [0.29, 0.717) is 11.7 Å². The molecule has 0 radical (unpaired) electrons. The first-order valence-corrected chi connectivity index (χ1v) is 8.64. The van der Waals surface area contributed by atoms with Crippen molar-refractivity contribution in [1.29, 1.82) is 0 Å². The van der Waals surface area contributed by atoms with Crippen molar-refractivity contribution in [3.8, 4) is 0 Å². The molecule has 0 bridgehead atoms. The first kappa shape index (κ1) is 15.8. The number of nitrogens with two attached hydrogens (primary N) is 1. The second-order valence-corrected chi connectivity index (χ2v) is 6.60. The zero-order valence-corrected chi connectivity index (χ0v) is 14.2. The highest BCUT2D eigenvalue weighted by Crippen LogP contribution is 2.38. The van der Waals surface area contributed by atoms with E-state index >= 15 is 0 Å². The molecule has 0 atom stereocenters. The van der Waals surface area contributed by atoms with E-state index in [1.807, 2.05) is 7.05 Å². The Labute approximate surface area is 145 Å². The molecule has 4 rings (SSSR count). The van der Waals surface area contributed by atoms with Crippen molar-refractivity contribution in [2.75, 3.05) is 11.1 Å². The number of fused-ring (bicyclic) bond motifs is 1. The summed E-state index contributed by atoms with van der Waals surface area (Å²) in [6, 6.07) is 6.18. The van der Waals surface area contributed by atoms with Gasteiger partial charge in [-0.1, -0.05) is 19.3 Å². The molecule has 130 valence electrons. The van der Waals surface area contributed by atoms with Crippen LogP contribution in [0.4, 0.5) is 21.8 Å². The predicted octanol–water partition coefficient (Wildman–Crippen LogP) is 3.88. The summed E-state index contributed by atoms with van der Waals surface area (Å²) in [5, 5.41) is 8.90. The van der Waals surface area contributed by atoms with Crippen LogP contribution in [0.3, 0.4) is 0 Å². The Morgan fingerprint density at radius 2 is 1.84 bits per heavy atom. The van der Waals surface area contributed by atoms with Crippen molar-refractivity contribution in [2.45, 2.75) is 38.0 Å². The molecule has 25 heavy (non-hydrogen) atoms. The summed E-state index contributed by atoms with van der Waals surface area (Å²) in [4.78, 5) is 8.77. The maximum Gasteiger partial charge on any atom is 0.224 e. The van der Waals surface area contributed by atoms with E-state index in [1.165, 1.54) is 31.4 Å². The highest BCUT2D eigenvalue weighted by molar-refractivity contribution is 5.92. The third-order valence-electron chi connectivity index (χ3n) is 4.83. The summed E-state index contributed by atoms with van der Waals surface area (Å²) in [5.41, 5.74) is 8.39. The topological polar surface area (TPSA) is 81.7 Å². The lowest BCUT2D eigenvalue weighted by Crippen LogP contribution is -2.07. The summed E-state index contributed by atoms with van der Waals surface area (Å²) in [6.45, 7) is 0. The number of anilines is 3. The largest absolute Gasteiger partial charge is 0.368 e. The number of rotatable bonds is 3. The van der Waals surface area contributed by atoms with Gasteiger partial charge in [-0.2, -0.15) is 15.1 Å². The minimum absolute atomic E-state index is 0.190. The molecule has 7 heteroatoms. The highest BCUT2D eigenvalue weighted by atomic mass is 19.1. The van der Waals surface area contributed by atoms with Crippen LogP contribution in [-0.2, 0) is 7.05 Å². The Bertz CT molecular complexity index is 896. The van der Waals surface area contributed by atoms with Crippen LogP contribution >= 0.6 is 0 Å². The minimum atomic E-state index is -0.276. The lowest BCUT2D eigenvalue weighted by molar-refractivity contribution is 0.435. The molecule has 1 aromatic carbocycles. The molecule has 0 unspecified atom stereocenters. The number of benzene rings is 1. The van der Waals surface area contributed by atoms with Gasteiger partial charge in [0.25, 0.3) is 0 Å². The molecule has 2 heterocycles. The molecule has 1 saturated carbocycles. The predicted molar refractivity (Wildman–Crippen MR) is 96.2 cm³/mol. The average molecular weight is 340 g/mol. The number of aromatic nitrogens is 4. The molecule has 0 spiro atoms. The normalized spacial score (nSPS) is 15.6. The van der Waals surface area contributed by atoms with Crippen LogP contribution < -0.4 is 11.1 Å². The first-order chi connectivity index (χ1) is 12.1. The van der Waals surface area contributed by atoms with Crippen LogP contribution in [0.2, 0.25) is 0 Å². The van der Waals surface area contributed by atoms with Gasteiger partial charge in [0.05, 0.1) is 11.1 Å². The molecular weight excluding hydrogens is 319 g/mol. The summed E-state index contributed by atoms with van der Waals surface area (Å²) < 4.78 is 14.9. The SMILES string of the molecule is Cn1nc(C2CCCCC2)c2c(Nc3ccc(F)cc3)nc(N)nc21. The molecule has 3 aromatic rings. The van der Waals surface area contributed by atoms with Crippen molar-refractivity contribution >= 4 is 28.5 Å². The molecule has 1 aliphatic rings. The fourth-order valence-electron chi connectivity index (χ4n) is 3.62. The second kappa shape index (κ2) is 6.31. The zero-order chi connectivity index (χ0) is 17.4. The van der Waals surface area contributed by atoms with E-state index in [0.717, 1.165) is 35.3 Å². The van der Waals surface area contributed by atoms with Gasteiger partial charge in [-0.25, -0.2) is 9.07 Å². The zero-order valence-electron chi connectivity index (χ0n) is 14.2. The quantitative estimate of drug-likeness (QED) is 0.756. The number of nitrogen functional groups attached to an aromatic ring is 1. The van der Waals surface area contributed by atoms with Gasteiger partial charge in [-0.05, 0) is 37.1 Å². The van der Waals surface area contributed by atoms with E-state index in [1.54, 1.807) is 16.8 Å². The smallest absolute Gasteiger partial charge is 0.224 e. The number of aryl methyl sites for hydroxylation is 1. The van der Waals surface area contributed by atoms with Crippen LogP contribution in [0.15, 0.2) is 24.3 Å². The number of hydrogen-bond donors (Lipinski definition) is 2. The monoisotopic (exact) mass is 340 g/mol. The maximum atomic E-state index is 13.2. The van der Waals surface area contributed by atoms with Crippen LogP contribution in [0.1, 0.15) is 43.7 Å². The third-order valence-corrected chi connectivity index (χ3v) is 4.83. The summed E-state index contributed by atoms with van der Waals surface area (Å²) in [5.74, 6) is 0.957. The Balaban J connectivity index is 1.82. The van der Waals surface area contributed by atoms with Gasteiger partial charge in [0.15, 0.2) is 5.65 Å². The standard InChI is InChI=1S/C18H21FN6/c1-25-17-14(15(24-25)11-5-3-2-4-6-11)16(22-18(20)23-17)21-13-9-7-12(19)8-10-13/h7-11H,2-6H2,1H3,(H3,20,21,22,23). The number of nitrogens with one attached hydrogen (secondary N) is 1. The van der Waals surface area contributed by atoms with Gasteiger partial charge < -0.3 is 11.1 Å². The van der Waals surface area contributed by atoms with E-state index < -0.39 is 0 Å². The molecule has 6 nitrogen and oxygen atoms in total. The summed E-state index contributed by atoms with van der Waals surface area (Å²) in [7, 11) is 1.88. The summed E-state index contributed by atoms with van der Waals surface area (Å²) >= 11 is 0. The van der Waals surface area contributed by atoms with Gasteiger partial charge in [-0.3, -0.25) is 0 Å². The van der Waals surface area contributed by atoms with Crippen LogP contribution in [0.25, 0.3) is 11.0 Å². The molecule has 2 aromatic heterocycles. The third kappa shape index (κ3) is 3.01. The Morgan fingerprint density at radius 1 is 1.12 bits per heavy atom. The molecular formula is C18H21FN6. The van der Waals surface area contributed by atoms with Crippen LogP contribution in [0.5, 0.6) is 0 Å². The second-order valence-electron chi connectivity index (χ2n) is 6.60. The van der Waals surface area contributed by atoms with Gasteiger partial charge in [0.2, 0.25) is 5.95 Å². The van der Waals surface area contributed by atoms with E-state index in [4.69, 9.17) is 10.8 Å². The number of hydrogen-bond acceptors (Lipinski definition) is 5. The van der Waals surface area contributed by atoms with Crippen molar-refractivity contribution in [1.82, 2.24) is 19.7 Å². The highest BCUT2D eigenvalue weighted by Gasteiger charge is 2.25. The average Bonchev–Trinajstić information content (AvgIpc) is 2.95. The van der Waals surface area contributed by atoms with E-state index in [-0.39, 0.29) is 11.8 Å². The molecule has 3 N–H and O–H groups in total. The fraction of sp³-hybridized carbons (Fsp3) is 0.389. The maximum absolute atomic E-state index is 13.2. The number of halogens is 1. The molecule has 0 saturated heterocycles. The molecule has 1 aliphatic carbocycles. The molecule has 0 amide bonds. The van der Waals surface area contributed by atoms with Crippen molar-refractivity contribution in [3.05, 3.63) is 35.8 Å². The van der Waals surface area contributed by atoms with Crippen LogP contribution in [-0.4, -0.2) is 19.7 Å². The lowest BCUT2D eigenvalue weighted by Gasteiger charge is -2.20. The molecule has 0 aliphatic heterocycles. The minimum Gasteiger partial charge on any atom is -0.368 e. The Hall–Kier alpha value is -2.70. The lowest BCUT2D eigenvalue weighted by atomic mass is 9.86. The van der Waals surface area contributed by atoms with Crippen molar-refractivity contribution in [3.63, 3.8) is 0 Å². The number of nitrogens with zero attached hydrogens (tertiary/aromatic N) is 4. The van der Waals surface area contributed by atoms with Gasteiger partial charge in [0.1, 0.15) is 11.6 Å². The van der Waals surface area contributed by atoms with Gasteiger partial charge >= 0.3 is 0 Å². The van der Waals surface area contributed by atoms with Gasteiger partial charge in [-0.15, -0.1) is 0 Å². The van der Waals surface area contributed by atoms with E-state index in [9.17, 15) is 4.39 Å².